The average Bonchev–Trinajstić information content (AvgIpc) is 2.62. The fourth-order valence-electron chi connectivity index (χ4n) is 2.23. The number of halogens is 1. The Morgan fingerprint density at radius 3 is 2.62 bits per heavy atom. The van der Waals surface area contributed by atoms with Crippen LogP contribution in [0.1, 0.15) is 21.7 Å². The third kappa shape index (κ3) is 4.25. The quantitative estimate of drug-likeness (QED) is 0.663. The summed E-state index contributed by atoms with van der Waals surface area (Å²) in [4.78, 5) is 24.4. The molecule has 0 atom stereocenters. The zero-order chi connectivity index (χ0) is 18.5. The van der Waals surface area contributed by atoms with Crippen LogP contribution in [0, 0.1) is 6.92 Å². The van der Waals surface area contributed by atoms with Crippen molar-refractivity contribution in [2.75, 3.05) is 11.1 Å². The lowest BCUT2D eigenvalue weighted by Gasteiger charge is -2.10. The number of benzene rings is 2. The van der Waals surface area contributed by atoms with Crippen molar-refractivity contribution in [1.29, 1.82) is 0 Å². The van der Waals surface area contributed by atoms with Gasteiger partial charge < -0.3 is 15.8 Å². The van der Waals surface area contributed by atoms with Crippen LogP contribution in [0.2, 0.25) is 5.02 Å². The van der Waals surface area contributed by atoms with Gasteiger partial charge in [-0.15, -0.1) is 0 Å². The molecule has 3 N–H and O–H groups in total. The van der Waals surface area contributed by atoms with Crippen LogP contribution in [0.15, 0.2) is 48.5 Å². The second kappa shape index (κ2) is 7.79. The molecule has 3 aromatic rings. The van der Waals surface area contributed by atoms with Crippen molar-refractivity contribution in [2.45, 2.75) is 13.5 Å². The molecule has 3 rings (SSSR count). The predicted octanol–water partition coefficient (Wildman–Crippen LogP) is 3.52. The first-order chi connectivity index (χ1) is 12.5. The van der Waals surface area contributed by atoms with Crippen LogP contribution in [-0.4, -0.2) is 20.9 Å². The molecule has 0 aliphatic heterocycles. The van der Waals surface area contributed by atoms with Gasteiger partial charge in [-0.05, 0) is 30.7 Å². The molecule has 0 fully saturated rings. The van der Waals surface area contributed by atoms with Crippen LogP contribution >= 0.6 is 11.6 Å². The Morgan fingerprint density at radius 2 is 1.85 bits per heavy atom. The van der Waals surface area contributed by atoms with E-state index in [9.17, 15) is 4.79 Å². The van der Waals surface area contributed by atoms with Crippen molar-refractivity contribution in [3.8, 4) is 0 Å². The molecule has 0 unspecified atom stereocenters. The summed E-state index contributed by atoms with van der Waals surface area (Å²) in [5.74, 6) is -0.0348. The van der Waals surface area contributed by atoms with Gasteiger partial charge >= 0.3 is 5.97 Å². The number of nitrogen functional groups attached to an aromatic ring is 1. The Bertz CT molecular complexity index is 948. The number of aromatic nitrogens is 3. The van der Waals surface area contributed by atoms with Gasteiger partial charge in [0, 0.05) is 5.69 Å². The number of anilines is 3. The van der Waals surface area contributed by atoms with Crippen molar-refractivity contribution in [1.82, 2.24) is 15.0 Å². The van der Waals surface area contributed by atoms with Crippen LogP contribution < -0.4 is 11.1 Å². The minimum atomic E-state index is -0.567. The fraction of sp³-hybridized carbons (Fsp3) is 0.111. The lowest BCUT2D eigenvalue weighted by atomic mass is 10.2. The maximum absolute atomic E-state index is 12.1. The number of nitrogens with one attached hydrogen (secondary N) is 1. The smallest absolute Gasteiger partial charge is 0.340 e. The molecule has 132 valence electrons. The number of para-hydroxylation sites is 1. The van der Waals surface area contributed by atoms with Crippen LogP contribution in [-0.2, 0) is 11.3 Å². The van der Waals surface area contributed by atoms with Crippen molar-refractivity contribution in [3.63, 3.8) is 0 Å². The number of esters is 1. The zero-order valence-electron chi connectivity index (χ0n) is 13.9. The van der Waals surface area contributed by atoms with Gasteiger partial charge in [0.2, 0.25) is 11.9 Å². The average molecular weight is 370 g/mol. The third-order valence-electron chi connectivity index (χ3n) is 3.52. The highest BCUT2D eigenvalue weighted by atomic mass is 35.5. The summed E-state index contributed by atoms with van der Waals surface area (Å²) < 4.78 is 5.22. The number of carbonyl (C=O) groups excluding carboxylic acids is 1. The Morgan fingerprint density at radius 1 is 1.12 bits per heavy atom. The summed E-state index contributed by atoms with van der Waals surface area (Å²) in [5.41, 5.74) is 7.87. The Kier molecular flexibility index (Phi) is 5.28. The normalized spacial score (nSPS) is 10.4. The molecule has 0 bridgehead atoms. The van der Waals surface area contributed by atoms with E-state index in [1.165, 1.54) is 0 Å². The van der Waals surface area contributed by atoms with Crippen molar-refractivity contribution >= 4 is 35.2 Å². The Hall–Kier alpha value is -3.19. The molecule has 7 nitrogen and oxygen atoms in total. The van der Waals surface area contributed by atoms with E-state index in [0.29, 0.717) is 5.02 Å². The predicted molar refractivity (Wildman–Crippen MR) is 99.3 cm³/mol. The van der Waals surface area contributed by atoms with E-state index in [-0.39, 0.29) is 29.9 Å². The molecule has 0 saturated carbocycles. The zero-order valence-corrected chi connectivity index (χ0v) is 14.7. The van der Waals surface area contributed by atoms with E-state index >= 15 is 0 Å². The molecule has 2 aromatic carbocycles. The summed E-state index contributed by atoms with van der Waals surface area (Å²) in [6, 6.07) is 14.3. The molecule has 1 aromatic heterocycles. The number of ether oxygens (including phenoxy) is 1. The number of rotatable bonds is 5. The van der Waals surface area contributed by atoms with E-state index in [1.54, 1.807) is 24.3 Å². The van der Waals surface area contributed by atoms with Crippen LogP contribution in [0.5, 0.6) is 0 Å². The highest BCUT2D eigenvalue weighted by Crippen LogP contribution is 2.19. The summed E-state index contributed by atoms with van der Waals surface area (Å²) in [5, 5.41) is 3.39. The number of hydrogen-bond donors (Lipinski definition) is 2. The maximum Gasteiger partial charge on any atom is 0.340 e. The van der Waals surface area contributed by atoms with E-state index in [1.807, 2.05) is 31.2 Å². The molecular formula is C18H16ClN5O2. The fourth-order valence-corrected chi connectivity index (χ4v) is 2.44. The molecule has 0 spiro atoms. The Balaban J connectivity index is 1.73. The number of hydrogen-bond acceptors (Lipinski definition) is 7. The second-order valence-corrected chi connectivity index (χ2v) is 5.84. The minimum absolute atomic E-state index is 0.0277. The minimum Gasteiger partial charge on any atom is -0.454 e. The SMILES string of the molecule is Cc1ccccc1Nc1nc(N)nc(COC(=O)c2ccccc2Cl)n1. The molecule has 1 heterocycles. The largest absolute Gasteiger partial charge is 0.454 e. The molecule has 0 aliphatic carbocycles. The van der Waals surface area contributed by atoms with Crippen LogP contribution in [0.3, 0.4) is 0 Å². The first-order valence-electron chi connectivity index (χ1n) is 7.77. The van der Waals surface area contributed by atoms with Crippen LogP contribution in [0.25, 0.3) is 0 Å². The summed E-state index contributed by atoms with van der Waals surface area (Å²) in [6.45, 7) is 1.80. The van der Waals surface area contributed by atoms with Gasteiger partial charge in [0.05, 0.1) is 10.6 Å². The van der Waals surface area contributed by atoms with E-state index in [4.69, 9.17) is 22.1 Å². The van der Waals surface area contributed by atoms with E-state index in [2.05, 4.69) is 20.3 Å². The van der Waals surface area contributed by atoms with Gasteiger partial charge in [-0.1, -0.05) is 41.9 Å². The van der Waals surface area contributed by atoms with E-state index in [0.717, 1.165) is 11.3 Å². The lowest BCUT2D eigenvalue weighted by molar-refractivity contribution is 0.0462. The lowest BCUT2D eigenvalue weighted by Crippen LogP contribution is -2.11. The van der Waals surface area contributed by atoms with Crippen molar-refractivity contribution in [3.05, 3.63) is 70.5 Å². The van der Waals surface area contributed by atoms with Gasteiger partial charge in [0.15, 0.2) is 12.4 Å². The van der Waals surface area contributed by atoms with Gasteiger partial charge in [0.1, 0.15) is 0 Å². The summed E-state index contributed by atoms with van der Waals surface area (Å²) in [7, 11) is 0. The van der Waals surface area contributed by atoms with E-state index < -0.39 is 5.97 Å². The molecule has 0 amide bonds. The highest BCUT2D eigenvalue weighted by molar-refractivity contribution is 6.33. The first kappa shape index (κ1) is 17.6. The summed E-state index contributed by atoms with van der Waals surface area (Å²) in [6.07, 6.45) is 0. The van der Waals surface area contributed by atoms with Crippen LogP contribution in [0.4, 0.5) is 17.6 Å². The second-order valence-electron chi connectivity index (χ2n) is 5.43. The molecule has 26 heavy (non-hydrogen) atoms. The monoisotopic (exact) mass is 369 g/mol. The third-order valence-corrected chi connectivity index (χ3v) is 3.85. The molecule has 0 saturated heterocycles. The number of nitrogens with zero attached hydrogens (tertiary/aromatic N) is 3. The number of carbonyl (C=O) groups is 1. The molecule has 8 heteroatoms. The standard InChI is InChI=1S/C18H16ClN5O2/c1-11-6-2-5-9-14(11)21-18-23-15(22-17(20)24-18)10-26-16(25)12-7-3-4-8-13(12)19/h2-9H,10H2,1H3,(H3,20,21,22,23,24). The maximum atomic E-state index is 12.1. The molecular weight excluding hydrogens is 354 g/mol. The number of aryl methyl sites for hydroxylation is 1. The Labute approximate surface area is 155 Å². The van der Waals surface area contributed by atoms with Crippen molar-refractivity contribution in [2.24, 2.45) is 0 Å². The van der Waals surface area contributed by atoms with Gasteiger partial charge in [-0.25, -0.2) is 4.79 Å². The molecule has 0 aliphatic rings. The highest BCUT2D eigenvalue weighted by Gasteiger charge is 2.13. The summed E-state index contributed by atoms with van der Waals surface area (Å²) >= 11 is 5.98. The van der Waals surface area contributed by atoms with Gasteiger partial charge in [-0.3, -0.25) is 0 Å². The van der Waals surface area contributed by atoms with Crippen molar-refractivity contribution < 1.29 is 9.53 Å². The van der Waals surface area contributed by atoms with Gasteiger partial charge in [-0.2, -0.15) is 15.0 Å². The first-order valence-corrected chi connectivity index (χ1v) is 8.15. The topological polar surface area (TPSA) is 103 Å². The molecule has 0 radical (unpaired) electrons. The number of nitrogens with two attached hydrogens (primary N) is 1. The van der Waals surface area contributed by atoms with Gasteiger partial charge in [0.25, 0.3) is 0 Å².